The fourth-order valence-corrected chi connectivity index (χ4v) is 3.44. The minimum absolute atomic E-state index is 0.0287. The number of nitrogens with two attached hydrogens (primary N) is 1. The normalized spacial score (nSPS) is 13.9. The predicted octanol–water partition coefficient (Wildman–Crippen LogP) is 5.47. The highest BCUT2D eigenvalue weighted by atomic mass is 16.8. The first-order valence-corrected chi connectivity index (χ1v) is 13.7. The third kappa shape index (κ3) is 10.4. The van der Waals surface area contributed by atoms with Gasteiger partial charge in [0, 0.05) is 12.8 Å². The van der Waals surface area contributed by atoms with Gasteiger partial charge in [-0.1, -0.05) is 52.0 Å². The Labute approximate surface area is 246 Å². The van der Waals surface area contributed by atoms with Crippen LogP contribution in [0.3, 0.4) is 0 Å². The molecule has 0 heterocycles. The number of ether oxygens (including phenoxy) is 6. The maximum atomic E-state index is 12.7. The molecular formula is C31H41NO10. The molecule has 0 saturated carbocycles. The number of benzene rings is 2. The van der Waals surface area contributed by atoms with Crippen molar-refractivity contribution in [3.05, 3.63) is 59.7 Å². The number of hydrogen-bond donors (Lipinski definition) is 1. The lowest BCUT2D eigenvalue weighted by Crippen LogP contribution is -2.51. The molecule has 230 valence electrons. The zero-order valence-corrected chi connectivity index (χ0v) is 25.2. The summed E-state index contributed by atoms with van der Waals surface area (Å²) in [6.07, 6.45) is -3.03. The van der Waals surface area contributed by atoms with E-state index in [0.29, 0.717) is 11.1 Å². The first-order chi connectivity index (χ1) is 19.7. The van der Waals surface area contributed by atoms with E-state index >= 15 is 0 Å². The fraction of sp³-hybridized carbons (Fsp3) is 0.484. The fourth-order valence-electron chi connectivity index (χ4n) is 3.44. The van der Waals surface area contributed by atoms with E-state index in [2.05, 4.69) is 0 Å². The van der Waals surface area contributed by atoms with Gasteiger partial charge in [0.05, 0.1) is 19.3 Å². The Morgan fingerprint density at radius 3 is 1.86 bits per heavy atom. The van der Waals surface area contributed by atoms with Crippen LogP contribution >= 0.6 is 0 Å². The summed E-state index contributed by atoms with van der Waals surface area (Å²) in [5.41, 5.74) is 5.65. The molecule has 42 heavy (non-hydrogen) atoms. The summed E-state index contributed by atoms with van der Waals surface area (Å²) in [4.78, 5) is 50.0. The van der Waals surface area contributed by atoms with E-state index in [9.17, 15) is 19.2 Å². The molecule has 0 aliphatic heterocycles. The van der Waals surface area contributed by atoms with E-state index in [1.54, 1.807) is 50.2 Å². The topological polar surface area (TPSA) is 150 Å². The van der Waals surface area contributed by atoms with Crippen molar-refractivity contribution in [3.63, 3.8) is 0 Å². The van der Waals surface area contributed by atoms with Crippen molar-refractivity contribution in [2.24, 2.45) is 17.6 Å². The van der Waals surface area contributed by atoms with Crippen LogP contribution in [0.15, 0.2) is 48.5 Å². The average molecular weight is 588 g/mol. The average Bonchev–Trinajstić information content (AvgIpc) is 2.94. The number of carbonyl (C=O) groups excluding carboxylic acids is 4. The van der Waals surface area contributed by atoms with E-state index in [0.717, 1.165) is 0 Å². The molecule has 2 unspecified atom stereocenters. The van der Waals surface area contributed by atoms with Gasteiger partial charge in [0.15, 0.2) is 11.5 Å². The largest absolute Gasteiger partial charge is 0.514 e. The second kappa shape index (κ2) is 15.8. The molecule has 3 atom stereocenters. The molecular weight excluding hydrogens is 546 g/mol. The molecule has 2 rings (SSSR count). The summed E-state index contributed by atoms with van der Waals surface area (Å²) in [7, 11) is 1.20. The highest BCUT2D eigenvalue weighted by Crippen LogP contribution is 2.32. The van der Waals surface area contributed by atoms with Crippen molar-refractivity contribution in [1.82, 2.24) is 0 Å². The minimum Gasteiger partial charge on any atom is -0.468 e. The molecule has 0 aliphatic rings. The Morgan fingerprint density at radius 1 is 0.786 bits per heavy atom. The number of methoxy groups -OCH3 is 1. The summed E-state index contributed by atoms with van der Waals surface area (Å²) in [5.74, 6) is -1.48. The second-order valence-electron chi connectivity index (χ2n) is 10.7. The van der Waals surface area contributed by atoms with E-state index in [1.807, 2.05) is 27.7 Å². The summed E-state index contributed by atoms with van der Waals surface area (Å²) < 4.78 is 31.5. The standard InChI is InChI=1S/C31H41NO10/c1-19(2)21(5)39-29(35)41-25-14-13-23(17-26(25)42-30(36)40-22(6)20(3)4)18-31(32,28(34)37-7)15-16-38-27(33)24-11-9-8-10-12-24/h8-14,17,19-22H,15-16,18,32H2,1-7H3/t21?,22?,31-/m1/s1. The van der Waals surface area contributed by atoms with Gasteiger partial charge in [-0.05, 0) is 55.5 Å². The molecule has 11 nitrogen and oxygen atoms in total. The molecule has 0 fully saturated rings. The van der Waals surface area contributed by atoms with Crippen molar-refractivity contribution in [2.45, 2.75) is 72.1 Å². The van der Waals surface area contributed by atoms with Gasteiger partial charge >= 0.3 is 24.2 Å². The highest BCUT2D eigenvalue weighted by molar-refractivity contribution is 5.89. The Bertz CT molecular complexity index is 1210. The monoisotopic (exact) mass is 587 g/mol. The first kappa shape index (κ1) is 34.1. The molecule has 11 heteroatoms. The van der Waals surface area contributed by atoms with Crippen molar-refractivity contribution < 1.29 is 47.6 Å². The van der Waals surface area contributed by atoms with Crippen LogP contribution in [-0.2, 0) is 30.2 Å². The van der Waals surface area contributed by atoms with Crippen LogP contribution in [0, 0.1) is 11.8 Å². The minimum atomic E-state index is -1.61. The van der Waals surface area contributed by atoms with Crippen LogP contribution in [0.4, 0.5) is 9.59 Å². The van der Waals surface area contributed by atoms with Gasteiger partial charge in [-0.2, -0.15) is 0 Å². The Hall–Kier alpha value is -4.12. The maximum Gasteiger partial charge on any atom is 0.514 e. The molecule has 0 bridgehead atoms. The molecule has 0 aliphatic carbocycles. The molecule has 0 saturated heterocycles. The van der Waals surface area contributed by atoms with Gasteiger partial charge in [0.2, 0.25) is 0 Å². The van der Waals surface area contributed by atoms with Crippen LogP contribution in [0.1, 0.15) is 63.9 Å². The lowest BCUT2D eigenvalue weighted by atomic mass is 9.88. The zero-order chi connectivity index (χ0) is 31.4. The van der Waals surface area contributed by atoms with Crippen LogP contribution in [0.2, 0.25) is 0 Å². The van der Waals surface area contributed by atoms with E-state index in [1.165, 1.54) is 19.2 Å². The van der Waals surface area contributed by atoms with Crippen LogP contribution in [0.25, 0.3) is 0 Å². The summed E-state index contributed by atoms with van der Waals surface area (Å²) >= 11 is 0. The lowest BCUT2D eigenvalue weighted by molar-refractivity contribution is -0.147. The van der Waals surface area contributed by atoms with Gasteiger partial charge in [-0.15, -0.1) is 0 Å². The van der Waals surface area contributed by atoms with E-state index < -0.39 is 42.0 Å². The summed E-state index contributed by atoms with van der Waals surface area (Å²) in [5, 5.41) is 0. The Balaban J connectivity index is 2.28. The quantitative estimate of drug-likeness (QED) is 0.181. The number of hydrogen-bond acceptors (Lipinski definition) is 11. The van der Waals surface area contributed by atoms with Gasteiger partial charge in [0.1, 0.15) is 17.7 Å². The van der Waals surface area contributed by atoms with Crippen LogP contribution < -0.4 is 15.2 Å². The summed E-state index contributed by atoms with van der Waals surface area (Å²) in [6.45, 7) is 10.8. The zero-order valence-electron chi connectivity index (χ0n) is 25.2. The van der Waals surface area contributed by atoms with E-state index in [4.69, 9.17) is 34.2 Å². The Morgan fingerprint density at radius 2 is 1.33 bits per heavy atom. The molecule has 2 aromatic carbocycles. The maximum absolute atomic E-state index is 12.7. The van der Waals surface area contributed by atoms with Gasteiger partial charge in [-0.3, -0.25) is 4.79 Å². The van der Waals surface area contributed by atoms with Crippen molar-refractivity contribution in [1.29, 1.82) is 0 Å². The second-order valence-corrected chi connectivity index (χ2v) is 10.7. The van der Waals surface area contributed by atoms with Gasteiger partial charge in [0.25, 0.3) is 0 Å². The van der Waals surface area contributed by atoms with Crippen molar-refractivity contribution >= 4 is 24.2 Å². The summed E-state index contributed by atoms with van der Waals surface area (Å²) in [6, 6.07) is 12.7. The molecule has 0 radical (unpaired) electrons. The molecule has 0 aromatic heterocycles. The van der Waals surface area contributed by atoms with Crippen molar-refractivity contribution in [2.75, 3.05) is 13.7 Å². The number of carbonyl (C=O) groups is 4. The number of rotatable bonds is 13. The molecule has 0 spiro atoms. The highest BCUT2D eigenvalue weighted by Gasteiger charge is 2.36. The smallest absolute Gasteiger partial charge is 0.468 e. The first-order valence-electron chi connectivity index (χ1n) is 13.7. The third-order valence-electron chi connectivity index (χ3n) is 6.74. The molecule has 2 aromatic rings. The van der Waals surface area contributed by atoms with Crippen LogP contribution in [-0.4, -0.2) is 55.7 Å². The van der Waals surface area contributed by atoms with Crippen molar-refractivity contribution in [3.8, 4) is 11.5 Å². The molecule has 2 N–H and O–H groups in total. The number of esters is 2. The SMILES string of the molecule is COC(=O)[C@@](N)(CCOC(=O)c1ccccc1)Cc1ccc(OC(=O)OC(C)C(C)C)c(OC(=O)OC(C)C(C)C)c1. The van der Waals surface area contributed by atoms with Gasteiger partial charge in [-0.25, -0.2) is 14.4 Å². The Kier molecular flexibility index (Phi) is 12.8. The van der Waals surface area contributed by atoms with Gasteiger partial charge < -0.3 is 34.2 Å². The van der Waals surface area contributed by atoms with Crippen LogP contribution in [0.5, 0.6) is 11.5 Å². The molecule has 0 amide bonds. The predicted molar refractivity (Wildman–Crippen MR) is 153 cm³/mol. The van der Waals surface area contributed by atoms with E-state index in [-0.39, 0.29) is 42.8 Å². The third-order valence-corrected chi connectivity index (χ3v) is 6.74. The lowest BCUT2D eigenvalue weighted by Gasteiger charge is -2.27.